The van der Waals surface area contributed by atoms with E-state index in [2.05, 4.69) is 4.90 Å². The largest absolute Gasteiger partial charge is 0.480 e. The highest BCUT2D eigenvalue weighted by Gasteiger charge is 2.48. The van der Waals surface area contributed by atoms with Gasteiger partial charge in [0, 0.05) is 18.8 Å². The molecule has 68 valence electrons. The Kier molecular flexibility index (Phi) is 2.04. The molecular formula is C8H13NO2S. The average molecular weight is 187 g/mol. The predicted molar refractivity (Wildman–Crippen MR) is 48.5 cm³/mol. The van der Waals surface area contributed by atoms with Crippen LogP contribution in [0.25, 0.3) is 0 Å². The van der Waals surface area contributed by atoms with Crippen molar-refractivity contribution in [2.24, 2.45) is 0 Å². The van der Waals surface area contributed by atoms with Gasteiger partial charge in [-0.1, -0.05) is 0 Å². The molecule has 0 aliphatic carbocycles. The fourth-order valence-corrected chi connectivity index (χ4v) is 3.27. The Morgan fingerprint density at radius 1 is 1.50 bits per heavy atom. The SMILES string of the molecule is O=C(O)C1(N2CCC2)CCSC1. The second kappa shape index (κ2) is 2.92. The summed E-state index contributed by atoms with van der Waals surface area (Å²) in [5.74, 6) is 1.16. The molecule has 2 aliphatic rings. The first-order chi connectivity index (χ1) is 5.76. The van der Waals surface area contributed by atoms with E-state index in [-0.39, 0.29) is 0 Å². The molecule has 12 heavy (non-hydrogen) atoms. The topological polar surface area (TPSA) is 40.5 Å². The van der Waals surface area contributed by atoms with E-state index in [1.54, 1.807) is 11.8 Å². The van der Waals surface area contributed by atoms with Crippen molar-refractivity contribution in [2.45, 2.75) is 18.4 Å². The van der Waals surface area contributed by atoms with Crippen LogP contribution in [0.4, 0.5) is 0 Å². The number of nitrogens with zero attached hydrogens (tertiary/aromatic N) is 1. The molecule has 4 heteroatoms. The lowest BCUT2D eigenvalue weighted by Gasteiger charge is -2.43. The smallest absolute Gasteiger partial charge is 0.325 e. The van der Waals surface area contributed by atoms with E-state index in [1.807, 2.05) is 0 Å². The van der Waals surface area contributed by atoms with Gasteiger partial charge in [-0.25, -0.2) is 0 Å². The van der Waals surface area contributed by atoms with Crippen molar-refractivity contribution in [3.63, 3.8) is 0 Å². The number of carbonyl (C=O) groups is 1. The molecule has 2 aliphatic heterocycles. The van der Waals surface area contributed by atoms with Crippen LogP contribution in [0.3, 0.4) is 0 Å². The molecule has 1 atom stereocenters. The zero-order chi connectivity index (χ0) is 8.60. The van der Waals surface area contributed by atoms with Crippen molar-refractivity contribution < 1.29 is 9.90 Å². The number of hydrogen-bond donors (Lipinski definition) is 1. The van der Waals surface area contributed by atoms with E-state index in [1.165, 1.54) is 6.42 Å². The molecule has 0 bridgehead atoms. The summed E-state index contributed by atoms with van der Waals surface area (Å²) in [5, 5.41) is 9.14. The number of likely N-dealkylation sites (tertiary alicyclic amines) is 1. The summed E-state index contributed by atoms with van der Waals surface area (Å²) >= 11 is 1.76. The molecule has 0 amide bonds. The van der Waals surface area contributed by atoms with Crippen molar-refractivity contribution in [2.75, 3.05) is 24.6 Å². The number of hydrogen-bond acceptors (Lipinski definition) is 3. The van der Waals surface area contributed by atoms with Gasteiger partial charge < -0.3 is 5.11 Å². The molecule has 1 N–H and O–H groups in total. The van der Waals surface area contributed by atoms with Crippen LogP contribution in [0, 0.1) is 0 Å². The van der Waals surface area contributed by atoms with Gasteiger partial charge in [0.25, 0.3) is 0 Å². The molecule has 3 nitrogen and oxygen atoms in total. The molecule has 1 unspecified atom stereocenters. The van der Waals surface area contributed by atoms with Crippen LogP contribution in [0.2, 0.25) is 0 Å². The molecule has 0 aromatic carbocycles. The van der Waals surface area contributed by atoms with Crippen LogP contribution in [0.5, 0.6) is 0 Å². The maximum absolute atomic E-state index is 11.1. The number of rotatable bonds is 2. The quantitative estimate of drug-likeness (QED) is 0.689. The van der Waals surface area contributed by atoms with Crippen molar-refractivity contribution in [1.29, 1.82) is 0 Å². The zero-order valence-electron chi connectivity index (χ0n) is 6.95. The van der Waals surface area contributed by atoms with E-state index in [0.717, 1.165) is 31.0 Å². The molecule has 0 aromatic rings. The summed E-state index contributed by atoms with van der Waals surface area (Å²) in [5.41, 5.74) is -0.497. The van der Waals surface area contributed by atoms with E-state index >= 15 is 0 Å². The fraction of sp³-hybridized carbons (Fsp3) is 0.875. The van der Waals surface area contributed by atoms with Crippen LogP contribution in [0.1, 0.15) is 12.8 Å². The Morgan fingerprint density at radius 2 is 2.25 bits per heavy atom. The van der Waals surface area contributed by atoms with Crippen LogP contribution in [-0.2, 0) is 4.79 Å². The third kappa shape index (κ3) is 1.05. The second-order valence-electron chi connectivity index (χ2n) is 3.48. The molecule has 0 saturated carbocycles. The zero-order valence-corrected chi connectivity index (χ0v) is 7.77. The minimum atomic E-state index is -0.618. The molecule has 2 heterocycles. The first kappa shape index (κ1) is 8.38. The number of carboxylic acids is 1. The van der Waals surface area contributed by atoms with Crippen molar-refractivity contribution in [3.8, 4) is 0 Å². The molecule has 0 spiro atoms. The summed E-state index contributed by atoms with van der Waals surface area (Å²) in [7, 11) is 0. The molecule has 2 fully saturated rings. The average Bonchev–Trinajstić information content (AvgIpc) is 2.33. The lowest BCUT2D eigenvalue weighted by Crippen LogP contribution is -2.60. The first-order valence-electron chi connectivity index (χ1n) is 4.32. The van der Waals surface area contributed by atoms with Crippen LogP contribution >= 0.6 is 11.8 Å². The molecule has 0 aromatic heterocycles. The van der Waals surface area contributed by atoms with E-state index in [4.69, 9.17) is 5.11 Å². The summed E-state index contributed by atoms with van der Waals surface area (Å²) < 4.78 is 0. The van der Waals surface area contributed by atoms with Gasteiger partial charge in [0.15, 0.2) is 0 Å². The van der Waals surface area contributed by atoms with Crippen LogP contribution < -0.4 is 0 Å². The van der Waals surface area contributed by atoms with Crippen molar-refractivity contribution in [3.05, 3.63) is 0 Å². The van der Waals surface area contributed by atoms with Gasteiger partial charge in [-0.05, 0) is 18.6 Å². The lowest BCUT2D eigenvalue weighted by molar-refractivity contribution is -0.152. The maximum atomic E-state index is 11.1. The van der Waals surface area contributed by atoms with Gasteiger partial charge in [0.05, 0.1) is 0 Å². The van der Waals surface area contributed by atoms with Gasteiger partial charge in [0.2, 0.25) is 0 Å². The number of aliphatic carboxylic acids is 1. The Hall–Kier alpha value is -0.220. The summed E-state index contributed by atoms with van der Waals surface area (Å²) in [6, 6.07) is 0. The third-order valence-electron chi connectivity index (χ3n) is 2.86. The number of thioether (sulfide) groups is 1. The van der Waals surface area contributed by atoms with Crippen molar-refractivity contribution in [1.82, 2.24) is 4.90 Å². The summed E-state index contributed by atoms with van der Waals surface area (Å²) in [4.78, 5) is 13.2. The van der Waals surface area contributed by atoms with Crippen LogP contribution in [-0.4, -0.2) is 46.1 Å². The Bertz CT molecular complexity index is 197. The monoisotopic (exact) mass is 187 g/mol. The van der Waals surface area contributed by atoms with Gasteiger partial charge in [-0.15, -0.1) is 0 Å². The van der Waals surface area contributed by atoms with Crippen molar-refractivity contribution >= 4 is 17.7 Å². The van der Waals surface area contributed by atoms with Gasteiger partial charge in [-0.3, -0.25) is 9.69 Å². The number of carboxylic acid groups (broad SMARTS) is 1. The second-order valence-corrected chi connectivity index (χ2v) is 4.59. The van der Waals surface area contributed by atoms with E-state index < -0.39 is 11.5 Å². The Balaban J connectivity index is 2.14. The highest BCUT2D eigenvalue weighted by atomic mass is 32.2. The summed E-state index contributed by atoms with van der Waals surface area (Å²) in [6.45, 7) is 1.96. The molecule has 0 radical (unpaired) electrons. The van der Waals surface area contributed by atoms with E-state index in [9.17, 15) is 4.79 Å². The van der Waals surface area contributed by atoms with Crippen LogP contribution in [0.15, 0.2) is 0 Å². The molecular weight excluding hydrogens is 174 g/mol. The first-order valence-corrected chi connectivity index (χ1v) is 5.47. The summed E-state index contributed by atoms with van der Waals surface area (Å²) in [6.07, 6.45) is 1.99. The lowest BCUT2D eigenvalue weighted by atomic mass is 9.93. The van der Waals surface area contributed by atoms with Gasteiger partial charge >= 0.3 is 5.97 Å². The Labute approximate surface area is 76.1 Å². The fourth-order valence-electron chi connectivity index (χ4n) is 1.85. The minimum absolute atomic E-state index is 0.497. The standard InChI is InChI=1S/C8H13NO2S/c10-7(11)8(2-5-12-6-8)9-3-1-4-9/h1-6H2,(H,10,11). The molecule has 2 rings (SSSR count). The minimum Gasteiger partial charge on any atom is -0.480 e. The van der Waals surface area contributed by atoms with Gasteiger partial charge in [0.1, 0.15) is 5.54 Å². The third-order valence-corrected chi connectivity index (χ3v) is 4.03. The highest BCUT2D eigenvalue weighted by molar-refractivity contribution is 7.99. The normalized spacial score (nSPS) is 36.3. The highest BCUT2D eigenvalue weighted by Crippen LogP contribution is 2.36. The van der Waals surface area contributed by atoms with Gasteiger partial charge in [-0.2, -0.15) is 11.8 Å². The predicted octanol–water partition coefficient (Wildman–Crippen LogP) is 0.652. The Morgan fingerprint density at radius 3 is 2.58 bits per heavy atom. The van der Waals surface area contributed by atoms with E-state index in [0.29, 0.717) is 0 Å². The molecule has 2 saturated heterocycles. The maximum Gasteiger partial charge on any atom is 0.325 e.